The number of carbonyl (C=O) groups is 1. The van der Waals surface area contributed by atoms with Crippen molar-refractivity contribution in [2.24, 2.45) is 0 Å². The number of fused-ring (bicyclic) bond motifs is 1. The molecule has 0 fully saturated rings. The summed E-state index contributed by atoms with van der Waals surface area (Å²) in [6.07, 6.45) is 5.21. The smallest absolute Gasteiger partial charge is 0.185 e. The molecule has 2 heterocycles. The largest absolute Gasteiger partial charge is 0.454 e. The first-order valence-corrected chi connectivity index (χ1v) is 10.2. The van der Waals surface area contributed by atoms with Crippen LogP contribution in [0.4, 0.5) is 0 Å². The molecule has 0 N–H and O–H groups in total. The third-order valence-corrected chi connectivity index (χ3v) is 5.22. The number of nitrogens with zero attached hydrogens (tertiary/aromatic N) is 2. The topological polar surface area (TPSA) is 48.0 Å². The number of hydrogen-bond acceptors (Lipinski definition) is 3. The van der Waals surface area contributed by atoms with Crippen molar-refractivity contribution in [3.05, 3.63) is 113 Å². The van der Waals surface area contributed by atoms with E-state index >= 15 is 0 Å². The van der Waals surface area contributed by atoms with E-state index in [2.05, 4.69) is 0 Å². The Hall–Kier alpha value is -3.89. The Balaban J connectivity index is 1.57. The van der Waals surface area contributed by atoms with Gasteiger partial charge in [0.25, 0.3) is 0 Å². The van der Waals surface area contributed by atoms with E-state index in [1.807, 2.05) is 66.9 Å². The second-order valence-electron chi connectivity index (χ2n) is 7.07. The van der Waals surface area contributed by atoms with Crippen LogP contribution in [0.5, 0.6) is 0 Å². The third kappa shape index (κ3) is 3.93. The van der Waals surface area contributed by atoms with Crippen molar-refractivity contribution in [2.75, 3.05) is 0 Å². The molecule has 150 valence electrons. The third-order valence-electron chi connectivity index (χ3n) is 4.97. The van der Waals surface area contributed by atoms with Crippen molar-refractivity contribution in [1.82, 2.24) is 9.78 Å². The van der Waals surface area contributed by atoms with Crippen molar-refractivity contribution in [1.29, 1.82) is 0 Å². The van der Waals surface area contributed by atoms with Crippen LogP contribution in [0.2, 0.25) is 5.02 Å². The molecule has 0 radical (unpaired) electrons. The molecule has 4 nitrogen and oxygen atoms in total. The Labute approximate surface area is 184 Å². The minimum absolute atomic E-state index is 0.111. The van der Waals surface area contributed by atoms with Crippen LogP contribution in [0.1, 0.15) is 15.9 Å². The molecule has 0 atom stereocenters. The Morgan fingerprint density at radius 1 is 0.935 bits per heavy atom. The van der Waals surface area contributed by atoms with Crippen LogP contribution in [0.15, 0.2) is 102 Å². The number of carbonyl (C=O) groups excluding carboxylic acids is 1. The highest BCUT2D eigenvalue weighted by atomic mass is 35.5. The fourth-order valence-corrected chi connectivity index (χ4v) is 3.51. The van der Waals surface area contributed by atoms with Gasteiger partial charge in [0.15, 0.2) is 11.5 Å². The van der Waals surface area contributed by atoms with E-state index in [1.54, 1.807) is 41.1 Å². The molecule has 2 aromatic heterocycles. The lowest BCUT2D eigenvalue weighted by Gasteiger charge is -1.98. The Bertz CT molecular complexity index is 1360. The molecule has 0 aliphatic rings. The first kappa shape index (κ1) is 19.1. The fraction of sp³-hybridized carbons (Fsp3) is 0. The summed E-state index contributed by atoms with van der Waals surface area (Å²) in [6.45, 7) is 0. The molecule has 0 saturated heterocycles. The van der Waals surface area contributed by atoms with Crippen molar-refractivity contribution in [3.63, 3.8) is 0 Å². The van der Waals surface area contributed by atoms with E-state index in [4.69, 9.17) is 21.1 Å². The van der Waals surface area contributed by atoms with Crippen LogP contribution in [-0.4, -0.2) is 15.6 Å². The predicted molar refractivity (Wildman–Crippen MR) is 124 cm³/mol. The molecule has 0 amide bonds. The zero-order chi connectivity index (χ0) is 21.2. The summed E-state index contributed by atoms with van der Waals surface area (Å²) in [7, 11) is 0. The molecular formula is C26H17ClN2O2. The number of halogens is 1. The SMILES string of the molecule is O=C(C=Cc1cn(-c2ccccc2)nc1-c1cc2ccccc2o1)c1ccc(Cl)cc1. The molecule has 3 aromatic carbocycles. The molecule has 0 spiro atoms. The van der Waals surface area contributed by atoms with Gasteiger partial charge in [0, 0.05) is 27.7 Å². The molecule has 0 aliphatic carbocycles. The summed E-state index contributed by atoms with van der Waals surface area (Å²) in [4.78, 5) is 12.6. The number of aromatic nitrogens is 2. The van der Waals surface area contributed by atoms with E-state index in [0.717, 1.165) is 22.2 Å². The van der Waals surface area contributed by atoms with Gasteiger partial charge in [-0.15, -0.1) is 0 Å². The quantitative estimate of drug-likeness (QED) is 0.229. The van der Waals surface area contributed by atoms with Gasteiger partial charge >= 0.3 is 0 Å². The second kappa shape index (κ2) is 8.09. The summed E-state index contributed by atoms with van der Waals surface area (Å²) in [5.41, 5.74) is 3.73. The van der Waals surface area contributed by atoms with E-state index in [1.165, 1.54) is 0 Å². The van der Waals surface area contributed by atoms with Crippen LogP contribution in [0.3, 0.4) is 0 Å². The van der Waals surface area contributed by atoms with Crippen molar-refractivity contribution < 1.29 is 9.21 Å². The van der Waals surface area contributed by atoms with Gasteiger partial charge in [-0.3, -0.25) is 4.79 Å². The summed E-state index contributed by atoms with van der Waals surface area (Å²) in [5.74, 6) is 0.536. The number of rotatable bonds is 5. The highest BCUT2D eigenvalue weighted by molar-refractivity contribution is 6.30. The average molecular weight is 425 g/mol. The van der Waals surface area contributed by atoms with Gasteiger partial charge in [-0.1, -0.05) is 48.0 Å². The summed E-state index contributed by atoms with van der Waals surface area (Å²) in [6, 6.07) is 26.4. The standard InChI is InChI=1S/C26H17ClN2O2/c27-21-13-10-18(11-14-21)23(30)15-12-20-17-29(22-7-2-1-3-8-22)28-26(20)25-16-19-6-4-5-9-24(19)31-25/h1-17H. The Kier molecular flexibility index (Phi) is 4.98. The molecule has 0 unspecified atom stereocenters. The summed E-state index contributed by atoms with van der Waals surface area (Å²) >= 11 is 5.92. The van der Waals surface area contributed by atoms with Gasteiger partial charge in [-0.2, -0.15) is 5.10 Å². The number of para-hydroxylation sites is 2. The monoisotopic (exact) mass is 424 g/mol. The Morgan fingerprint density at radius 3 is 2.45 bits per heavy atom. The van der Waals surface area contributed by atoms with E-state index < -0.39 is 0 Å². The van der Waals surface area contributed by atoms with Crippen LogP contribution in [0, 0.1) is 0 Å². The fourth-order valence-electron chi connectivity index (χ4n) is 3.39. The number of furan rings is 1. The van der Waals surface area contributed by atoms with E-state index in [9.17, 15) is 4.79 Å². The number of allylic oxidation sites excluding steroid dienone is 1. The first-order chi connectivity index (χ1) is 15.2. The molecule has 0 bridgehead atoms. The van der Waals surface area contributed by atoms with E-state index in [0.29, 0.717) is 22.0 Å². The van der Waals surface area contributed by atoms with Crippen LogP contribution >= 0.6 is 11.6 Å². The predicted octanol–water partition coefficient (Wildman–Crippen LogP) is 6.84. The van der Waals surface area contributed by atoms with Gasteiger partial charge in [0.2, 0.25) is 0 Å². The lowest BCUT2D eigenvalue weighted by molar-refractivity contribution is 0.104. The maximum Gasteiger partial charge on any atom is 0.185 e. The minimum atomic E-state index is -0.111. The van der Waals surface area contributed by atoms with Gasteiger partial charge < -0.3 is 4.42 Å². The highest BCUT2D eigenvalue weighted by Gasteiger charge is 2.15. The zero-order valence-electron chi connectivity index (χ0n) is 16.4. The molecular weight excluding hydrogens is 408 g/mol. The van der Waals surface area contributed by atoms with Crippen LogP contribution in [-0.2, 0) is 0 Å². The van der Waals surface area contributed by atoms with Crippen molar-refractivity contribution in [2.45, 2.75) is 0 Å². The first-order valence-electron chi connectivity index (χ1n) is 9.79. The lowest BCUT2D eigenvalue weighted by Crippen LogP contribution is -1.93. The number of ketones is 1. The number of hydrogen-bond donors (Lipinski definition) is 0. The second-order valence-corrected chi connectivity index (χ2v) is 7.50. The summed E-state index contributed by atoms with van der Waals surface area (Å²) in [5, 5.41) is 6.34. The zero-order valence-corrected chi connectivity index (χ0v) is 17.2. The molecule has 0 aliphatic heterocycles. The average Bonchev–Trinajstić information content (AvgIpc) is 3.42. The molecule has 31 heavy (non-hydrogen) atoms. The normalized spacial score (nSPS) is 11.4. The number of benzene rings is 3. The van der Waals surface area contributed by atoms with Crippen molar-refractivity contribution >= 4 is 34.4 Å². The van der Waals surface area contributed by atoms with Gasteiger partial charge in [-0.25, -0.2) is 4.68 Å². The molecule has 5 heteroatoms. The van der Waals surface area contributed by atoms with Crippen molar-refractivity contribution in [3.8, 4) is 17.1 Å². The summed E-state index contributed by atoms with van der Waals surface area (Å²) < 4.78 is 7.83. The van der Waals surface area contributed by atoms with E-state index in [-0.39, 0.29) is 5.78 Å². The molecule has 5 aromatic rings. The van der Waals surface area contributed by atoms with Crippen LogP contribution < -0.4 is 0 Å². The minimum Gasteiger partial charge on any atom is -0.454 e. The molecule has 0 saturated carbocycles. The maximum absolute atomic E-state index is 12.6. The van der Waals surface area contributed by atoms with Crippen LogP contribution in [0.25, 0.3) is 34.2 Å². The lowest BCUT2D eigenvalue weighted by atomic mass is 10.1. The van der Waals surface area contributed by atoms with Gasteiger partial charge in [0.05, 0.1) is 5.69 Å². The maximum atomic E-state index is 12.6. The molecule has 5 rings (SSSR count). The van der Waals surface area contributed by atoms with Gasteiger partial charge in [-0.05, 0) is 60.7 Å². The Morgan fingerprint density at radius 2 is 1.68 bits per heavy atom. The van der Waals surface area contributed by atoms with Gasteiger partial charge in [0.1, 0.15) is 11.3 Å². The highest BCUT2D eigenvalue weighted by Crippen LogP contribution is 2.30.